The molecule has 0 aliphatic rings. The van der Waals surface area contributed by atoms with Gasteiger partial charge in [0.15, 0.2) is 0 Å². The topological polar surface area (TPSA) is 4.93 Å². The van der Waals surface area contributed by atoms with Crippen molar-refractivity contribution in [2.24, 2.45) is 0 Å². The fraction of sp³-hybridized carbons (Fsp3) is 0.100. The summed E-state index contributed by atoms with van der Waals surface area (Å²) in [6.07, 6.45) is 0. The van der Waals surface area contributed by atoms with Crippen LogP contribution in [0.2, 0.25) is 0 Å². The van der Waals surface area contributed by atoms with Gasteiger partial charge < -0.3 is 4.57 Å². The lowest BCUT2D eigenvalue weighted by molar-refractivity contribution is 1.17. The van der Waals surface area contributed by atoms with Crippen molar-refractivity contribution in [3.05, 3.63) is 78.4 Å². The van der Waals surface area contributed by atoms with Crippen LogP contribution in [0, 0.1) is 6.92 Å². The second kappa shape index (κ2) is 5.10. The van der Waals surface area contributed by atoms with Crippen molar-refractivity contribution in [2.45, 2.75) is 14.4 Å². The Morgan fingerprint density at radius 3 is 1.62 bits per heavy atom. The molecule has 1 aromatic heterocycles. The lowest BCUT2D eigenvalue weighted by atomic mass is 10.2. The SMILES string of the molecule is C.Cc1ccc(-n2c3ccccc3c3ccccc32)cc1. The molecule has 0 aliphatic heterocycles. The van der Waals surface area contributed by atoms with Gasteiger partial charge in [-0.25, -0.2) is 0 Å². The first-order valence-electron chi connectivity index (χ1n) is 6.90. The lowest BCUT2D eigenvalue weighted by Crippen LogP contribution is -1.93. The van der Waals surface area contributed by atoms with E-state index < -0.39 is 0 Å². The molecule has 0 bridgehead atoms. The van der Waals surface area contributed by atoms with Crippen LogP contribution in [0.25, 0.3) is 27.5 Å². The summed E-state index contributed by atoms with van der Waals surface area (Å²) >= 11 is 0. The van der Waals surface area contributed by atoms with Crippen molar-refractivity contribution in [1.29, 1.82) is 0 Å². The highest BCUT2D eigenvalue weighted by Crippen LogP contribution is 2.31. The van der Waals surface area contributed by atoms with Crippen molar-refractivity contribution in [3.8, 4) is 5.69 Å². The number of aryl methyl sites for hydroxylation is 1. The third-order valence-electron chi connectivity index (χ3n) is 3.87. The summed E-state index contributed by atoms with van der Waals surface area (Å²) in [6.45, 7) is 2.12. The first kappa shape index (κ1) is 13.4. The minimum atomic E-state index is 0. The third kappa shape index (κ3) is 2.02. The Kier molecular flexibility index (Phi) is 3.26. The van der Waals surface area contributed by atoms with Gasteiger partial charge in [0, 0.05) is 16.5 Å². The van der Waals surface area contributed by atoms with Gasteiger partial charge in [-0.2, -0.15) is 0 Å². The van der Waals surface area contributed by atoms with Gasteiger partial charge in [0.25, 0.3) is 0 Å². The largest absolute Gasteiger partial charge is 0.309 e. The zero-order valence-corrected chi connectivity index (χ0v) is 11.4. The smallest absolute Gasteiger partial charge is 0.0541 e. The predicted octanol–water partition coefficient (Wildman–Crippen LogP) is 5.73. The average Bonchev–Trinajstić information content (AvgIpc) is 2.83. The lowest BCUT2D eigenvalue weighted by Gasteiger charge is -2.07. The van der Waals surface area contributed by atoms with Gasteiger partial charge in [0.1, 0.15) is 0 Å². The first-order chi connectivity index (χ1) is 9.84. The Labute approximate surface area is 125 Å². The Balaban J connectivity index is 0.00000132. The molecule has 0 fully saturated rings. The van der Waals surface area contributed by atoms with Crippen molar-refractivity contribution >= 4 is 21.8 Å². The summed E-state index contributed by atoms with van der Waals surface area (Å²) in [5.74, 6) is 0. The maximum absolute atomic E-state index is 2.34. The van der Waals surface area contributed by atoms with E-state index in [1.165, 1.54) is 33.1 Å². The fourth-order valence-corrected chi connectivity index (χ4v) is 2.89. The summed E-state index contributed by atoms with van der Waals surface area (Å²) in [5, 5.41) is 2.62. The van der Waals surface area contributed by atoms with Crippen LogP contribution >= 0.6 is 0 Å². The maximum atomic E-state index is 2.34. The first-order valence-corrected chi connectivity index (χ1v) is 6.90. The van der Waals surface area contributed by atoms with Crippen LogP contribution in [-0.2, 0) is 0 Å². The molecule has 0 radical (unpaired) electrons. The number of benzene rings is 3. The van der Waals surface area contributed by atoms with E-state index in [2.05, 4.69) is 84.3 Å². The molecule has 3 aromatic carbocycles. The van der Waals surface area contributed by atoms with Gasteiger partial charge in [0.05, 0.1) is 11.0 Å². The van der Waals surface area contributed by atoms with E-state index >= 15 is 0 Å². The molecule has 0 amide bonds. The van der Waals surface area contributed by atoms with Gasteiger partial charge in [0.2, 0.25) is 0 Å². The number of hydrogen-bond acceptors (Lipinski definition) is 0. The quantitative estimate of drug-likeness (QED) is 0.417. The molecule has 21 heavy (non-hydrogen) atoms. The molecular weight excluding hydrogens is 254 g/mol. The Morgan fingerprint density at radius 1 is 0.619 bits per heavy atom. The second-order valence-corrected chi connectivity index (χ2v) is 5.21. The van der Waals surface area contributed by atoms with Gasteiger partial charge in [-0.05, 0) is 31.2 Å². The number of para-hydroxylation sites is 2. The van der Waals surface area contributed by atoms with E-state index in [0.717, 1.165) is 0 Å². The van der Waals surface area contributed by atoms with Crippen molar-refractivity contribution < 1.29 is 0 Å². The van der Waals surface area contributed by atoms with Crippen molar-refractivity contribution in [2.75, 3.05) is 0 Å². The van der Waals surface area contributed by atoms with E-state index in [9.17, 15) is 0 Å². The summed E-state index contributed by atoms with van der Waals surface area (Å²) in [5.41, 5.74) is 5.03. The Morgan fingerprint density at radius 2 is 1.10 bits per heavy atom. The summed E-state index contributed by atoms with van der Waals surface area (Å²) in [4.78, 5) is 0. The number of hydrogen-bond donors (Lipinski definition) is 0. The predicted molar refractivity (Wildman–Crippen MR) is 92.2 cm³/mol. The molecule has 0 saturated heterocycles. The van der Waals surface area contributed by atoms with Crippen molar-refractivity contribution in [3.63, 3.8) is 0 Å². The number of nitrogens with zero attached hydrogens (tertiary/aromatic N) is 1. The molecule has 0 spiro atoms. The zero-order chi connectivity index (χ0) is 13.5. The van der Waals surface area contributed by atoms with Gasteiger partial charge >= 0.3 is 0 Å². The molecule has 0 saturated carbocycles. The molecule has 1 nitrogen and oxygen atoms in total. The van der Waals surface area contributed by atoms with Crippen LogP contribution in [-0.4, -0.2) is 4.57 Å². The molecule has 0 atom stereocenters. The summed E-state index contributed by atoms with van der Waals surface area (Å²) in [7, 11) is 0. The van der Waals surface area contributed by atoms with Crippen LogP contribution in [0.3, 0.4) is 0 Å². The zero-order valence-electron chi connectivity index (χ0n) is 11.4. The van der Waals surface area contributed by atoms with Crippen LogP contribution < -0.4 is 0 Å². The molecule has 1 heterocycles. The van der Waals surface area contributed by atoms with Gasteiger partial charge in [-0.15, -0.1) is 0 Å². The Hall–Kier alpha value is -2.54. The molecule has 0 unspecified atom stereocenters. The van der Waals surface area contributed by atoms with E-state index in [1.807, 2.05) is 0 Å². The van der Waals surface area contributed by atoms with Crippen molar-refractivity contribution in [1.82, 2.24) is 4.57 Å². The fourth-order valence-electron chi connectivity index (χ4n) is 2.89. The minimum absolute atomic E-state index is 0. The molecule has 1 heteroatoms. The second-order valence-electron chi connectivity index (χ2n) is 5.21. The maximum Gasteiger partial charge on any atom is 0.0541 e. The van der Waals surface area contributed by atoms with E-state index in [0.29, 0.717) is 0 Å². The summed E-state index contributed by atoms with van der Waals surface area (Å²) in [6, 6.07) is 25.9. The highest BCUT2D eigenvalue weighted by atomic mass is 15.0. The van der Waals surface area contributed by atoms with Gasteiger partial charge in [-0.3, -0.25) is 0 Å². The molecule has 0 aliphatic carbocycles. The molecule has 0 N–H and O–H groups in total. The van der Waals surface area contributed by atoms with E-state index in [4.69, 9.17) is 0 Å². The minimum Gasteiger partial charge on any atom is -0.309 e. The third-order valence-corrected chi connectivity index (χ3v) is 3.87. The highest BCUT2D eigenvalue weighted by Gasteiger charge is 2.10. The van der Waals surface area contributed by atoms with Crippen LogP contribution in [0.5, 0.6) is 0 Å². The molecule has 4 rings (SSSR count). The van der Waals surface area contributed by atoms with E-state index in [-0.39, 0.29) is 7.43 Å². The summed E-state index contributed by atoms with van der Waals surface area (Å²) < 4.78 is 2.34. The average molecular weight is 273 g/mol. The number of rotatable bonds is 1. The monoisotopic (exact) mass is 273 g/mol. The van der Waals surface area contributed by atoms with Crippen LogP contribution in [0.15, 0.2) is 72.8 Å². The van der Waals surface area contributed by atoms with Crippen LogP contribution in [0.1, 0.15) is 13.0 Å². The molecule has 4 aromatic rings. The number of aromatic nitrogens is 1. The van der Waals surface area contributed by atoms with Gasteiger partial charge in [-0.1, -0.05) is 61.5 Å². The molecular formula is C20H19N. The van der Waals surface area contributed by atoms with E-state index in [1.54, 1.807) is 0 Å². The highest BCUT2D eigenvalue weighted by molar-refractivity contribution is 6.09. The van der Waals surface area contributed by atoms with Crippen LogP contribution in [0.4, 0.5) is 0 Å². The standard InChI is InChI=1S/C19H15N.CH4/c1-14-10-12-15(13-11-14)20-18-8-4-2-6-16(18)17-7-3-5-9-19(17)20;/h2-13H,1H3;1H4. The number of fused-ring (bicyclic) bond motifs is 3. The Bertz CT molecular complexity index is 845. The normalized spacial score (nSPS) is 10.7. The molecule has 104 valence electrons.